The van der Waals surface area contributed by atoms with Gasteiger partial charge in [0.1, 0.15) is 24.1 Å². The number of phosphoric ester groups is 1. The first-order valence-corrected chi connectivity index (χ1v) is 11.6. The van der Waals surface area contributed by atoms with Crippen LogP contribution in [0.1, 0.15) is 6.23 Å². The maximum atomic E-state index is 11.8. The largest absolute Gasteiger partial charge is 1.00 e. The van der Waals surface area contributed by atoms with Gasteiger partial charge in [-0.25, -0.2) is 9.11 Å². The number of ether oxygens (including phenoxy) is 1. The zero-order valence-corrected chi connectivity index (χ0v) is 28.5. The molecule has 2 rings (SSSR count). The molecule has 1 aromatic rings. The summed E-state index contributed by atoms with van der Waals surface area (Å²) in [5.74, 6) is -0.145. The topological polar surface area (TPSA) is 282 Å². The smallest absolute Gasteiger partial charge is 0.790 e. The fourth-order valence-electron chi connectivity index (χ4n) is 2.16. The number of aliphatic hydroxyl groups excluding tert-OH is 2. The van der Waals surface area contributed by atoms with E-state index in [1.54, 1.807) is 0 Å². The van der Waals surface area contributed by atoms with E-state index >= 15 is 0 Å². The van der Waals surface area contributed by atoms with Crippen molar-refractivity contribution >= 4 is 29.3 Å². The summed E-state index contributed by atoms with van der Waals surface area (Å²) in [6.07, 6.45) is -5.66. The number of hydrogen-bond acceptors (Lipinski definition) is 16. The third kappa shape index (κ3) is 13.1. The van der Waals surface area contributed by atoms with Crippen LogP contribution in [0.15, 0.2) is 17.1 Å². The summed E-state index contributed by atoms with van der Waals surface area (Å²) in [6.45, 7) is -1.14. The SMILES string of the molecule is Nc1ccn(C2OC(COP(=O)([O-])OP(=O)([O-])OP(=O)([O-])[O-])C(O)C2O)c(=O)n1.[Na+].[Na+].[Na+].[Na+]. The molecule has 0 aromatic carbocycles. The first-order valence-electron chi connectivity index (χ1n) is 7.18. The van der Waals surface area contributed by atoms with Gasteiger partial charge in [0, 0.05) is 6.20 Å². The fourth-order valence-corrected chi connectivity index (χ4v) is 5.03. The normalized spacial score (nSPS) is 25.8. The van der Waals surface area contributed by atoms with Gasteiger partial charge in [0.25, 0.3) is 15.6 Å². The summed E-state index contributed by atoms with van der Waals surface area (Å²) < 4.78 is 49.1. The van der Waals surface area contributed by atoms with E-state index in [2.05, 4.69) is 18.1 Å². The number of aromatic nitrogens is 2. The number of nitrogens with two attached hydrogens (primary N) is 1. The summed E-state index contributed by atoms with van der Waals surface area (Å²) >= 11 is 0. The second-order valence-corrected chi connectivity index (χ2v) is 9.64. The van der Waals surface area contributed by atoms with Gasteiger partial charge >= 0.3 is 124 Å². The summed E-state index contributed by atoms with van der Waals surface area (Å²) in [6, 6.07) is 1.17. The Morgan fingerprint density at radius 2 is 1.58 bits per heavy atom. The van der Waals surface area contributed by atoms with Crippen molar-refractivity contribution in [1.82, 2.24) is 9.55 Å². The monoisotopic (exact) mass is 571 g/mol. The molecular weight excluding hydrogens is 559 g/mol. The third-order valence-corrected chi connectivity index (χ3v) is 6.93. The zero-order chi connectivity index (χ0) is 22.2. The molecule has 0 spiro atoms. The average molecular weight is 571 g/mol. The Kier molecular flexibility index (Phi) is 19.8. The number of nitrogen functional groups attached to an aromatic ring is 1. The molecule has 0 amide bonds. The van der Waals surface area contributed by atoms with Crippen molar-refractivity contribution in [3.05, 3.63) is 22.7 Å². The minimum atomic E-state index is -6.15. The van der Waals surface area contributed by atoms with E-state index in [4.69, 9.17) is 10.5 Å². The van der Waals surface area contributed by atoms with Crippen molar-refractivity contribution in [1.29, 1.82) is 0 Å². The summed E-state index contributed by atoms with van der Waals surface area (Å²) in [5, 5.41) is 19.9. The summed E-state index contributed by atoms with van der Waals surface area (Å²) in [4.78, 5) is 58.2. The molecule has 0 aliphatic carbocycles. The first kappa shape index (κ1) is 40.5. The van der Waals surface area contributed by atoms with Gasteiger partial charge in [-0.3, -0.25) is 18.0 Å². The van der Waals surface area contributed by atoms with Gasteiger partial charge in [-0.05, 0) is 6.07 Å². The molecule has 1 aromatic heterocycles. The maximum Gasteiger partial charge on any atom is 1.00 e. The number of hydrogen-bond donors (Lipinski definition) is 3. The Bertz CT molecular complexity index is 963. The number of phosphoric acid groups is 3. The van der Waals surface area contributed by atoms with Crippen molar-refractivity contribution in [2.75, 3.05) is 12.3 Å². The molecule has 2 heterocycles. The Hall–Kier alpha value is 2.97. The van der Waals surface area contributed by atoms with Gasteiger partial charge in [-0.1, -0.05) is 0 Å². The first-order chi connectivity index (χ1) is 13.1. The molecule has 1 aliphatic heterocycles. The van der Waals surface area contributed by atoms with Crippen LogP contribution < -0.4 is 149 Å². The molecule has 166 valence electrons. The molecule has 33 heavy (non-hydrogen) atoms. The van der Waals surface area contributed by atoms with Crippen LogP contribution in [0.5, 0.6) is 0 Å². The fraction of sp³-hybridized carbons (Fsp3) is 0.556. The van der Waals surface area contributed by atoms with Crippen LogP contribution >= 0.6 is 23.5 Å². The van der Waals surface area contributed by atoms with E-state index in [1.165, 1.54) is 6.07 Å². The second kappa shape index (κ2) is 16.2. The van der Waals surface area contributed by atoms with E-state index in [-0.39, 0.29) is 124 Å². The van der Waals surface area contributed by atoms with E-state index in [0.29, 0.717) is 0 Å². The summed E-state index contributed by atoms with van der Waals surface area (Å²) in [7, 11) is -18.1. The Morgan fingerprint density at radius 1 is 1.03 bits per heavy atom. The van der Waals surface area contributed by atoms with Crippen LogP contribution in [-0.4, -0.2) is 44.7 Å². The van der Waals surface area contributed by atoms with Crippen LogP contribution in [0.4, 0.5) is 5.82 Å². The maximum absolute atomic E-state index is 11.8. The molecule has 6 atom stereocenters. The second-order valence-electron chi connectivity index (χ2n) is 5.39. The van der Waals surface area contributed by atoms with Gasteiger partial charge in [0.15, 0.2) is 6.23 Å². The molecule has 1 aliphatic rings. The molecule has 6 unspecified atom stereocenters. The molecule has 24 heteroatoms. The molecule has 1 fully saturated rings. The van der Waals surface area contributed by atoms with Crippen molar-refractivity contribution in [3.63, 3.8) is 0 Å². The van der Waals surface area contributed by atoms with Gasteiger partial charge in [0.2, 0.25) is 0 Å². The number of aliphatic hydroxyl groups is 2. The van der Waals surface area contributed by atoms with Crippen molar-refractivity contribution < 1.29 is 180 Å². The van der Waals surface area contributed by atoms with E-state index in [9.17, 15) is 48.3 Å². The Labute approximate surface area is 274 Å². The van der Waals surface area contributed by atoms with E-state index < -0.39 is 60.3 Å². The van der Waals surface area contributed by atoms with Crippen molar-refractivity contribution in [2.45, 2.75) is 24.5 Å². The Morgan fingerprint density at radius 3 is 2.06 bits per heavy atom. The van der Waals surface area contributed by atoms with E-state index in [1.807, 2.05) is 0 Å². The number of anilines is 1. The van der Waals surface area contributed by atoms with Gasteiger partial charge in [0.05, 0.1) is 14.4 Å². The quantitative estimate of drug-likeness (QED) is 0.193. The number of nitrogens with zero attached hydrogens (tertiary/aromatic N) is 2. The molecular formula is C9H12N3Na4O14P3. The summed E-state index contributed by atoms with van der Waals surface area (Å²) in [5.41, 5.74) is 4.34. The minimum absolute atomic E-state index is 0. The van der Waals surface area contributed by atoms with E-state index in [0.717, 1.165) is 10.8 Å². The molecule has 0 saturated carbocycles. The van der Waals surface area contributed by atoms with Gasteiger partial charge in [-0.2, -0.15) is 4.98 Å². The molecule has 17 nitrogen and oxygen atoms in total. The molecule has 0 bridgehead atoms. The predicted octanol–water partition coefficient (Wildman–Crippen LogP) is -16.7. The van der Waals surface area contributed by atoms with Crippen LogP contribution in [-0.2, 0) is 31.6 Å². The minimum Gasteiger partial charge on any atom is -0.790 e. The average Bonchev–Trinajstić information content (AvgIpc) is 2.78. The standard InChI is InChI=1S/C9H16N3O14P3.4Na/c10-5-1-2-12(9(15)11-5)8-7(14)6(13)4(24-8)3-23-28(19,20)26-29(21,22)25-27(16,17)18;;;;/h1-2,4,6-8,13-14H,3H2,(H,19,20)(H,21,22)(H2,10,11,15)(H2,16,17,18);;;;/q;4*+1/p-4. The molecule has 1 saturated heterocycles. The molecule has 0 radical (unpaired) electrons. The van der Waals surface area contributed by atoms with Gasteiger partial charge in [-0.15, -0.1) is 0 Å². The zero-order valence-electron chi connectivity index (χ0n) is 17.8. The Balaban J connectivity index is -0.00000225. The van der Waals surface area contributed by atoms with Crippen LogP contribution in [0.25, 0.3) is 0 Å². The van der Waals surface area contributed by atoms with Crippen LogP contribution in [0, 0.1) is 0 Å². The molecule has 4 N–H and O–H groups in total. The van der Waals surface area contributed by atoms with Crippen LogP contribution in [0.3, 0.4) is 0 Å². The van der Waals surface area contributed by atoms with Crippen molar-refractivity contribution in [2.24, 2.45) is 0 Å². The van der Waals surface area contributed by atoms with Crippen molar-refractivity contribution in [3.8, 4) is 0 Å². The number of rotatable bonds is 8. The van der Waals surface area contributed by atoms with Gasteiger partial charge < -0.3 is 49.3 Å². The third-order valence-electron chi connectivity index (χ3n) is 3.26. The predicted molar refractivity (Wildman–Crippen MR) is 79.8 cm³/mol. The van der Waals surface area contributed by atoms with Crippen LogP contribution in [0.2, 0.25) is 0 Å².